The molecule has 2 N–H and O–H groups in total. The van der Waals surface area contributed by atoms with Crippen LogP contribution in [0, 0.1) is 11.8 Å². The van der Waals surface area contributed by atoms with Gasteiger partial charge in [0.2, 0.25) is 0 Å². The van der Waals surface area contributed by atoms with E-state index in [2.05, 4.69) is 19.6 Å². The lowest BCUT2D eigenvalue weighted by molar-refractivity contribution is -0.136. The molecule has 0 spiro atoms. The highest BCUT2D eigenvalue weighted by atomic mass is 16.4. The van der Waals surface area contributed by atoms with Crippen LogP contribution in [-0.2, 0) is 9.59 Å². The highest BCUT2D eigenvalue weighted by Gasteiger charge is 2.27. The van der Waals surface area contributed by atoms with Gasteiger partial charge in [0, 0.05) is 12.3 Å². The Balaban J connectivity index is 2.39. The molecule has 0 saturated heterocycles. The van der Waals surface area contributed by atoms with Crippen molar-refractivity contribution >= 4 is 11.8 Å². The first-order chi connectivity index (χ1) is 12.5. The van der Waals surface area contributed by atoms with Gasteiger partial charge in [0.25, 0.3) is 0 Å². The van der Waals surface area contributed by atoms with Gasteiger partial charge in [-0.15, -0.1) is 5.73 Å². The lowest BCUT2D eigenvalue weighted by Crippen LogP contribution is -2.19. The summed E-state index contributed by atoms with van der Waals surface area (Å²) in [4.78, 5) is 22.5. The summed E-state index contributed by atoms with van der Waals surface area (Å²) in [5, 5.41) is 18.9. The minimum atomic E-state index is -0.871. The molecule has 4 heteroatoms. The number of aliphatic hydroxyl groups excluding tert-OH is 1. The number of unbranched alkanes of at least 4 members (excludes halogenated alkanes) is 2. The Labute approximate surface area is 157 Å². The van der Waals surface area contributed by atoms with Crippen molar-refractivity contribution in [3.05, 3.63) is 29.5 Å². The number of ketones is 1. The smallest absolute Gasteiger partial charge is 0.307 e. The standard InChI is InChI=1S/C22H34O4/c1-3-4-7-10-17(2)20(23)15-13-18-14-16-21(24)19(18)11-8-5-6-9-12-22(25)26/h5,9,14,17,19-20,23H,3-4,7-8,10-13,15-16H2,1-2H3,(H,25,26)/t6?,17?,19-,20?/m1/s1. The van der Waals surface area contributed by atoms with Gasteiger partial charge in [-0.1, -0.05) is 44.8 Å². The molecule has 4 nitrogen and oxygen atoms in total. The molecule has 0 aliphatic heterocycles. The Morgan fingerprint density at radius 2 is 2.12 bits per heavy atom. The van der Waals surface area contributed by atoms with E-state index in [1.54, 1.807) is 6.08 Å². The first-order valence-corrected chi connectivity index (χ1v) is 9.96. The molecule has 146 valence electrons. The number of Topliss-reactive ketones (excluding diaryl/α,β-unsaturated/α-hetero) is 1. The molecule has 1 aliphatic rings. The number of rotatable bonds is 13. The maximum Gasteiger partial charge on any atom is 0.307 e. The largest absolute Gasteiger partial charge is 0.481 e. The molecule has 0 heterocycles. The summed E-state index contributed by atoms with van der Waals surface area (Å²) in [5.74, 6) is -0.354. The summed E-state index contributed by atoms with van der Waals surface area (Å²) >= 11 is 0. The van der Waals surface area contributed by atoms with Crippen LogP contribution >= 0.6 is 0 Å². The minimum absolute atomic E-state index is 0.0294. The van der Waals surface area contributed by atoms with Crippen LogP contribution in [0.2, 0.25) is 0 Å². The molecule has 0 radical (unpaired) electrons. The number of carboxylic acid groups (broad SMARTS) is 1. The SMILES string of the molecule is CCCCCC(C)C(O)CCC1=CCC(=O)[C@@H]1CCC=C=CCC(=O)O. The molecule has 0 amide bonds. The van der Waals surface area contributed by atoms with Crippen molar-refractivity contribution in [3.8, 4) is 0 Å². The van der Waals surface area contributed by atoms with Crippen molar-refractivity contribution in [3.63, 3.8) is 0 Å². The number of hydrogen-bond acceptors (Lipinski definition) is 3. The summed E-state index contributed by atoms with van der Waals surface area (Å²) in [7, 11) is 0. The fourth-order valence-electron chi connectivity index (χ4n) is 3.42. The molecule has 0 aromatic rings. The van der Waals surface area contributed by atoms with Crippen LogP contribution in [0.1, 0.15) is 78.1 Å². The summed E-state index contributed by atoms with van der Waals surface area (Å²) < 4.78 is 0. The number of aliphatic carboxylic acids is 1. The second kappa shape index (κ2) is 12.7. The average molecular weight is 363 g/mol. The topological polar surface area (TPSA) is 74.6 Å². The van der Waals surface area contributed by atoms with E-state index in [1.165, 1.54) is 25.3 Å². The van der Waals surface area contributed by atoms with Crippen LogP contribution in [0.4, 0.5) is 0 Å². The number of carboxylic acids is 1. The first kappa shape index (κ1) is 22.4. The Kier molecular flexibility index (Phi) is 10.9. The van der Waals surface area contributed by atoms with E-state index in [0.29, 0.717) is 18.8 Å². The maximum atomic E-state index is 12.1. The Bertz CT molecular complexity index is 540. The van der Waals surface area contributed by atoms with E-state index in [4.69, 9.17) is 5.11 Å². The molecule has 0 bridgehead atoms. The zero-order valence-electron chi connectivity index (χ0n) is 16.2. The Hall–Kier alpha value is -1.64. The fourth-order valence-corrected chi connectivity index (χ4v) is 3.42. The zero-order chi connectivity index (χ0) is 19.4. The van der Waals surface area contributed by atoms with Crippen molar-refractivity contribution < 1.29 is 19.8 Å². The fraction of sp³-hybridized carbons (Fsp3) is 0.682. The van der Waals surface area contributed by atoms with Crippen LogP contribution in [0.25, 0.3) is 0 Å². The summed E-state index contributed by atoms with van der Waals surface area (Å²) in [5.41, 5.74) is 4.02. The molecule has 0 aromatic carbocycles. The number of aliphatic hydroxyl groups is 1. The monoisotopic (exact) mass is 362 g/mol. The van der Waals surface area contributed by atoms with Gasteiger partial charge in [-0.25, -0.2) is 0 Å². The molecule has 2 unspecified atom stereocenters. The quantitative estimate of drug-likeness (QED) is 0.280. The van der Waals surface area contributed by atoms with Crippen molar-refractivity contribution in [1.82, 2.24) is 0 Å². The predicted octanol–water partition coefficient (Wildman–Crippen LogP) is 4.83. The van der Waals surface area contributed by atoms with Gasteiger partial charge in [0.05, 0.1) is 12.5 Å². The molecule has 0 aromatic heterocycles. The summed E-state index contributed by atoms with van der Waals surface area (Å²) in [6.07, 6.45) is 13.1. The van der Waals surface area contributed by atoms with Crippen molar-refractivity contribution in [2.75, 3.05) is 0 Å². The first-order valence-electron chi connectivity index (χ1n) is 9.96. The number of allylic oxidation sites excluding steroid dienone is 2. The summed E-state index contributed by atoms with van der Waals surface area (Å²) in [6, 6.07) is 0. The lowest BCUT2D eigenvalue weighted by atomic mass is 9.88. The summed E-state index contributed by atoms with van der Waals surface area (Å²) in [6.45, 7) is 4.29. The van der Waals surface area contributed by atoms with Crippen molar-refractivity contribution in [2.24, 2.45) is 11.8 Å². The molecule has 1 rings (SSSR count). The lowest BCUT2D eigenvalue weighted by Gasteiger charge is -2.20. The predicted molar refractivity (Wildman–Crippen MR) is 104 cm³/mol. The van der Waals surface area contributed by atoms with E-state index in [1.807, 2.05) is 6.08 Å². The van der Waals surface area contributed by atoms with Crippen molar-refractivity contribution in [2.45, 2.75) is 84.2 Å². The zero-order valence-corrected chi connectivity index (χ0v) is 16.2. The molecule has 0 saturated carbocycles. The van der Waals surface area contributed by atoms with Crippen LogP contribution < -0.4 is 0 Å². The molecule has 3 atom stereocenters. The van der Waals surface area contributed by atoms with E-state index in [0.717, 1.165) is 31.3 Å². The minimum Gasteiger partial charge on any atom is -0.481 e. The second-order valence-corrected chi connectivity index (χ2v) is 7.33. The third-order valence-corrected chi connectivity index (χ3v) is 5.16. The third kappa shape index (κ3) is 8.64. The van der Waals surface area contributed by atoms with Gasteiger partial charge in [0.15, 0.2) is 0 Å². The van der Waals surface area contributed by atoms with E-state index in [-0.39, 0.29) is 24.2 Å². The Morgan fingerprint density at radius 3 is 2.81 bits per heavy atom. The molecule has 1 aliphatic carbocycles. The van der Waals surface area contributed by atoms with Crippen LogP contribution in [0.3, 0.4) is 0 Å². The van der Waals surface area contributed by atoms with Crippen LogP contribution in [0.15, 0.2) is 29.5 Å². The molecule has 26 heavy (non-hydrogen) atoms. The van der Waals surface area contributed by atoms with E-state index < -0.39 is 5.97 Å². The normalized spacial score (nSPS) is 18.8. The molecular formula is C22H34O4. The van der Waals surface area contributed by atoms with Gasteiger partial charge in [-0.2, -0.15) is 0 Å². The molecular weight excluding hydrogens is 328 g/mol. The van der Waals surface area contributed by atoms with Crippen LogP contribution in [0.5, 0.6) is 0 Å². The van der Waals surface area contributed by atoms with E-state index in [9.17, 15) is 14.7 Å². The van der Waals surface area contributed by atoms with Gasteiger partial charge in [-0.3, -0.25) is 9.59 Å². The second-order valence-electron chi connectivity index (χ2n) is 7.33. The highest BCUT2D eigenvalue weighted by molar-refractivity contribution is 5.88. The number of hydrogen-bond donors (Lipinski definition) is 2. The number of carbonyl (C=O) groups is 2. The Morgan fingerprint density at radius 1 is 1.35 bits per heavy atom. The van der Waals surface area contributed by atoms with Gasteiger partial charge >= 0.3 is 5.97 Å². The van der Waals surface area contributed by atoms with Crippen molar-refractivity contribution in [1.29, 1.82) is 0 Å². The third-order valence-electron chi connectivity index (χ3n) is 5.16. The van der Waals surface area contributed by atoms with E-state index >= 15 is 0 Å². The maximum absolute atomic E-state index is 12.1. The van der Waals surface area contributed by atoms with Crippen LogP contribution in [-0.4, -0.2) is 28.1 Å². The van der Waals surface area contributed by atoms with Gasteiger partial charge < -0.3 is 10.2 Å². The average Bonchev–Trinajstić information content (AvgIpc) is 2.95. The van der Waals surface area contributed by atoms with Gasteiger partial charge in [0.1, 0.15) is 5.78 Å². The highest BCUT2D eigenvalue weighted by Crippen LogP contribution is 2.31. The number of carbonyl (C=O) groups excluding carboxylic acids is 1. The molecule has 0 fully saturated rings. The van der Waals surface area contributed by atoms with Gasteiger partial charge in [-0.05, 0) is 50.2 Å².